The molecular formula is C13H22N6O2. The lowest BCUT2D eigenvalue weighted by Gasteiger charge is -2.35. The van der Waals surface area contributed by atoms with E-state index in [-0.39, 0.29) is 5.95 Å². The van der Waals surface area contributed by atoms with Crippen LogP contribution in [-0.2, 0) is 9.47 Å². The van der Waals surface area contributed by atoms with Crippen LogP contribution in [0, 0.1) is 0 Å². The topological polar surface area (TPSA) is 98.4 Å². The SMILES string of the molecule is CCOC1CC(Nc2nc(N)nc(N3CCOCC3)n2)C1. The molecule has 1 saturated carbocycles. The van der Waals surface area contributed by atoms with Crippen molar-refractivity contribution in [2.75, 3.05) is 48.9 Å². The van der Waals surface area contributed by atoms with Gasteiger partial charge in [-0.15, -0.1) is 0 Å². The van der Waals surface area contributed by atoms with Gasteiger partial charge in [-0.3, -0.25) is 0 Å². The van der Waals surface area contributed by atoms with Crippen LogP contribution in [0.1, 0.15) is 19.8 Å². The summed E-state index contributed by atoms with van der Waals surface area (Å²) < 4.78 is 10.9. The fourth-order valence-corrected chi connectivity index (χ4v) is 2.59. The highest BCUT2D eigenvalue weighted by molar-refractivity contribution is 5.42. The fraction of sp³-hybridized carbons (Fsp3) is 0.769. The van der Waals surface area contributed by atoms with Gasteiger partial charge in [0.2, 0.25) is 17.8 Å². The van der Waals surface area contributed by atoms with Crippen molar-refractivity contribution in [2.45, 2.75) is 31.9 Å². The number of nitrogen functional groups attached to an aromatic ring is 1. The Morgan fingerprint density at radius 2 is 2.05 bits per heavy atom. The van der Waals surface area contributed by atoms with Gasteiger partial charge in [0.25, 0.3) is 0 Å². The van der Waals surface area contributed by atoms with Gasteiger partial charge in [0.1, 0.15) is 0 Å². The number of ether oxygens (including phenoxy) is 2. The summed E-state index contributed by atoms with van der Waals surface area (Å²) in [6.07, 6.45) is 2.31. The van der Waals surface area contributed by atoms with E-state index < -0.39 is 0 Å². The first-order valence-electron chi connectivity index (χ1n) is 7.47. The summed E-state index contributed by atoms with van der Waals surface area (Å²) in [5.74, 6) is 1.41. The second-order valence-corrected chi connectivity index (χ2v) is 5.31. The number of aromatic nitrogens is 3. The second kappa shape index (κ2) is 6.40. The van der Waals surface area contributed by atoms with Gasteiger partial charge in [0.05, 0.1) is 19.3 Å². The Bertz CT molecular complexity index is 474. The molecule has 1 aromatic rings. The zero-order chi connectivity index (χ0) is 14.7. The van der Waals surface area contributed by atoms with Crippen molar-refractivity contribution in [1.82, 2.24) is 15.0 Å². The number of nitrogens with one attached hydrogen (secondary N) is 1. The van der Waals surface area contributed by atoms with Crippen LogP contribution in [0.5, 0.6) is 0 Å². The van der Waals surface area contributed by atoms with E-state index in [1.807, 2.05) is 6.92 Å². The normalized spacial score (nSPS) is 25.5. The first kappa shape index (κ1) is 14.3. The number of nitrogens with two attached hydrogens (primary N) is 1. The molecule has 2 aliphatic rings. The molecule has 0 spiro atoms. The summed E-state index contributed by atoms with van der Waals surface area (Å²) in [4.78, 5) is 14.9. The average molecular weight is 294 g/mol. The van der Waals surface area contributed by atoms with Crippen LogP contribution in [0.2, 0.25) is 0 Å². The van der Waals surface area contributed by atoms with E-state index in [2.05, 4.69) is 25.2 Å². The number of hydrogen-bond donors (Lipinski definition) is 2. The molecule has 0 bridgehead atoms. The minimum absolute atomic E-state index is 0.245. The van der Waals surface area contributed by atoms with Gasteiger partial charge in [-0.05, 0) is 19.8 Å². The lowest BCUT2D eigenvalue weighted by molar-refractivity contribution is 0.00285. The summed E-state index contributed by atoms with van der Waals surface area (Å²) in [5.41, 5.74) is 5.79. The van der Waals surface area contributed by atoms with Crippen LogP contribution in [0.15, 0.2) is 0 Å². The average Bonchev–Trinajstić information content (AvgIpc) is 2.45. The van der Waals surface area contributed by atoms with Gasteiger partial charge in [-0.1, -0.05) is 0 Å². The Kier molecular flexibility index (Phi) is 4.35. The predicted octanol–water partition coefficient (Wildman–Crippen LogP) is 0.270. The Morgan fingerprint density at radius 3 is 2.76 bits per heavy atom. The van der Waals surface area contributed by atoms with E-state index in [0.29, 0.717) is 37.3 Å². The number of nitrogens with zero attached hydrogens (tertiary/aromatic N) is 4. The highest BCUT2D eigenvalue weighted by Crippen LogP contribution is 2.26. The molecule has 2 heterocycles. The maximum atomic E-state index is 5.79. The molecule has 0 radical (unpaired) electrons. The molecule has 1 aliphatic heterocycles. The standard InChI is InChI=1S/C13H22N6O2/c1-2-21-10-7-9(8-10)15-12-16-11(14)17-13(18-12)19-3-5-20-6-4-19/h9-10H,2-8H2,1H3,(H3,14,15,16,17,18). The zero-order valence-corrected chi connectivity index (χ0v) is 12.3. The van der Waals surface area contributed by atoms with Gasteiger partial charge in [-0.25, -0.2) is 0 Å². The van der Waals surface area contributed by atoms with Gasteiger partial charge in [-0.2, -0.15) is 15.0 Å². The number of anilines is 3. The summed E-state index contributed by atoms with van der Waals surface area (Å²) in [6, 6.07) is 0.348. The third-order valence-electron chi connectivity index (χ3n) is 3.77. The largest absolute Gasteiger partial charge is 0.378 e. The lowest BCUT2D eigenvalue weighted by Crippen LogP contribution is -2.41. The van der Waals surface area contributed by atoms with E-state index in [1.165, 1.54) is 0 Å². The van der Waals surface area contributed by atoms with Crippen LogP contribution < -0.4 is 16.0 Å². The summed E-state index contributed by atoms with van der Waals surface area (Å²) in [5, 5.41) is 3.31. The summed E-state index contributed by atoms with van der Waals surface area (Å²) in [7, 11) is 0. The number of hydrogen-bond acceptors (Lipinski definition) is 8. The molecule has 1 saturated heterocycles. The Hall–Kier alpha value is -1.67. The van der Waals surface area contributed by atoms with Gasteiger partial charge >= 0.3 is 0 Å². The maximum Gasteiger partial charge on any atom is 0.232 e. The summed E-state index contributed by atoms with van der Waals surface area (Å²) in [6.45, 7) is 5.71. The van der Waals surface area contributed by atoms with E-state index in [4.69, 9.17) is 15.2 Å². The van der Waals surface area contributed by atoms with Crippen LogP contribution in [0.3, 0.4) is 0 Å². The molecule has 0 atom stereocenters. The molecule has 8 nitrogen and oxygen atoms in total. The van der Waals surface area contributed by atoms with Crippen molar-refractivity contribution in [3.63, 3.8) is 0 Å². The van der Waals surface area contributed by atoms with Crippen molar-refractivity contribution < 1.29 is 9.47 Å². The maximum absolute atomic E-state index is 5.79. The lowest BCUT2D eigenvalue weighted by atomic mass is 9.89. The van der Waals surface area contributed by atoms with Crippen LogP contribution >= 0.6 is 0 Å². The molecule has 8 heteroatoms. The van der Waals surface area contributed by atoms with Crippen LogP contribution in [-0.4, -0.2) is 60.0 Å². The van der Waals surface area contributed by atoms with E-state index >= 15 is 0 Å². The Morgan fingerprint density at radius 1 is 1.29 bits per heavy atom. The van der Waals surface area contributed by atoms with E-state index in [1.54, 1.807) is 0 Å². The number of morpholine rings is 1. The molecule has 3 rings (SSSR count). The first-order valence-corrected chi connectivity index (χ1v) is 7.47. The van der Waals surface area contributed by atoms with Crippen LogP contribution in [0.25, 0.3) is 0 Å². The quantitative estimate of drug-likeness (QED) is 0.798. The van der Waals surface area contributed by atoms with Crippen LogP contribution in [0.4, 0.5) is 17.8 Å². The fourth-order valence-electron chi connectivity index (χ4n) is 2.59. The van der Waals surface area contributed by atoms with Crippen molar-refractivity contribution in [3.05, 3.63) is 0 Å². The molecule has 116 valence electrons. The van der Waals surface area contributed by atoms with Gasteiger partial charge in [0.15, 0.2) is 0 Å². The molecule has 2 fully saturated rings. The van der Waals surface area contributed by atoms with E-state index in [9.17, 15) is 0 Å². The molecule has 1 aromatic heterocycles. The highest BCUT2D eigenvalue weighted by Gasteiger charge is 2.30. The smallest absolute Gasteiger partial charge is 0.232 e. The Labute approximate surface area is 124 Å². The molecule has 0 amide bonds. The molecule has 0 unspecified atom stereocenters. The minimum Gasteiger partial charge on any atom is -0.378 e. The highest BCUT2D eigenvalue weighted by atomic mass is 16.5. The molecule has 1 aliphatic carbocycles. The van der Waals surface area contributed by atoms with Crippen molar-refractivity contribution >= 4 is 17.8 Å². The molecule has 3 N–H and O–H groups in total. The van der Waals surface area contributed by atoms with Crippen molar-refractivity contribution in [2.24, 2.45) is 0 Å². The van der Waals surface area contributed by atoms with Crippen molar-refractivity contribution in [3.8, 4) is 0 Å². The van der Waals surface area contributed by atoms with Crippen molar-refractivity contribution in [1.29, 1.82) is 0 Å². The third-order valence-corrected chi connectivity index (χ3v) is 3.77. The Balaban J connectivity index is 1.61. The van der Waals surface area contributed by atoms with Gasteiger partial charge in [0, 0.05) is 25.7 Å². The minimum atomic E-state index is 0.245. The van der Waals surface area contributed by atoms with E-state index in [0.717, 1.165) is 32.5 Å². The van der Waals surface area contributed by atoms with Gasteiger partial charge < -0.3 is 25.4 Å². The molecule has 21 heavy (non-hydrogen) atoms. The molecular weight excluding hydrogens is 272 g/mol. The number of rotatable bonds is 5. The summed E-state index contributed by atoms with van der Waals surface area (Å²) >= 11 is 0. The molecule has 0 aromatic carbocycles. The predicted molar refractivity (Wildman–Crippen MR) is 79.3 cm³/mol. The third kappa shape index (κ3) is 3.51. The zero-order valence-electron chi connectivity index (χ0n) is 12.3. The second-order valence-electron chi connectivity index (χ2n) is 5.31. The monoisotopic (exact) mass is 294 g/mol. The first-order chi connectivity index (χ1) is 10.2.